The molecule has 1 saturated heterocycles. The number of rotatable bonds is 2. The lowest BCUT2D eigenvalue weighted by Gasteiger charge is -2.28. The molecule has 1 aliphatic heterocycles. The Bertz CT molecular complexity index is 588. The lowest BCUT2D eigenvalue weighted by atomic mass is 10.0. The number of nitrogens with one attached hydrogen (secondary N) is 1. The summed E-state index contributed by atoms with van der Waals surface area (Å²) >= 11 is 5.76. The van der Waals surface area contributed by atoms with Gasteiger partial charge in [-0.05, 0) is 24.6 Å². The number of phenols is 1. The Hall–Kier alpha value is -2.08. The molecule has 0 aromatic heterocycles. The van der Waals surface area contributed by atoms with Gasteiger partial charge in [0.15, 0.2) is 0 Å². The molecule has 1 aromatic rings. The van der Waals surface area contributed by atoms with E-state index in [-0.39, 0.29) is 30.1 Å². The molecule has 0 saturated carbocycles. The first-order valence-corrected chi connectivity index (χ1v) is 6.37. The molecule has 2 rings (SSSR count). The number of hydrogen-bond acceptors (Lipinski definition) is 4. The molecule has 1 fully saturated rings. The summed E-state index contributed by atoms with van der Waals surface area (Å²) in [7, 11) is 1.37. The van der Waals surface area contributed by atoms with Crippen molar-refractivity contribution in [3.8, 4) is 5.75 Å². The van der Waals surface area contributed by atoms with Crippen LogP contribution in [0.25, 0.3) is 0 Å². The lowest BCUT2D eigenvalue weighted by Crippen LogP contribution is -2.52. The molecule has 7 heteroatoms. The number of piperidine rings is 1. The van der Waals surface area contributed by atoms with Gasteiger partial charge in [-0.15, -0.1) is 0 Å². The number of likely N-dealkylation sites (tertiary alicyclic amines) is 1. The largest absolute Gasteiger partial charge is 0.507 e. The summed E-state index contributed by atoms with van der Waals surface area (Å²) in [5.74, 6) is -1.56. The van der Waals surface area contributed by atoms with Crippen molar-refractivity contribution in [2.75, 3.05) is 7.05 Å². The molecule has 1 heterocycles. The molecule has 1 atom stereocenters. The van der Waals surface area contributed by atoms with Gasteiger partial charge in [-0.3, -0.25) is 19.3 Å². The Kier molecular flexibility index (Phi) is 3.94. The summed E-state index contributed by atoms with van der Waals surface area (Å²) in [6, 6.07) is 3.29. The van der Waals surface area contributed by atoms with Crippen molar-refractivity contribution in [3.05, 3.63) is 28.8 Å². The Morgan fingerprint density at radius 2 is 2.15 bits per heavy atom. The third-order valence-corrected chi connectivity index (χ3v) is 3.39. The maximum Gasteiger partial charge on any atom is 0.255 e. The third-order valence-electron chi connectivity index (χ3n) is 3.16. The van der Waals surface area contributed by atoms with Crippen molar-refractivity contribution in [3.63, 3.8) is 0 Å². The molecule has 1 aromatic carbocycles. The first kappa shape index (κ1) is 14.3. The molecule has 2 N–H and O–H groups in total. The second kappa shape index (κ2) is 5.50. The fourth-order valence-corrected chi connectivity index (χ4v) is 2.15. The van der Waals surface area contributed by atoms with Gasteiger partial charge in [0, 0.05) is 18.5 Å². The van der Waals surface area contributed by atoms with Crippen LogP contribution < -0.4 is 5.32 Å². The molecular formula is C13H13ClN2O4. The number of likely N-dealkylation sites (N-methyl/N-ethyl adjacent to an activating group) is 1. The highest BCUT2D eigenvalue weighted by atomic mass is 35.5. The summed E-state index contributed by atoms with van der Waals surface area (Å²) < 4.78 is 0. The monoisotopic (exact) mass is 296 g/mol. The normalized spacial score (nSPS) is 19.1. The van der Waals surface area contributed by atoms with Crippen LogP contribution in [0.1, 0.15) is 23.2 Å². The average molecular weight is 297 g/mol. The predicted molar refractivity (Wildman–Crippen MR) is 71.4 cm³/mol. The number of imide groups is 1. The van der Waals surface area contributed by atoms with Gasteiger partial charge >= 0.3 is 0 Å². The SMILES string of the molecule is CN1C(=O)CCC(NC(=O)c2cc(Cl)ccc2O)C1=O. The molecule has 106 valence electrons. The van der Waals surface area contributed by atoms with Gasteiger partial charge in [-0.1, -0.05) is 11.6 Å². The number of phenolic OH excluding ortho intramolecular Hbond substituents is 1. The minimum atomic E-state index is -0.774. The van der Waals surface area contributed by atoms with Crippen LogP contribution in [0.3, 0.4) is 0 Å². The summed E-state index contributed by atoms with van der Waals surface area (Å²) in [6.45, 7) is 0. The average Bonchev–Trinajstić information content (AvgIpc) is 2.42. The van der Waals surface area contributed by atoms with Crippen LogP contribution in [0.2, 0.25) is 5.02 Å². The van der Waals surface area contributed by atoms with Gasteiger partial charge in [0.05, 0.1) is 5.56 Å². The fraction of sp³-hybridized carbons (Fsp3) is 0.308. The number of benzene rings is 1. The number of hydrogen-bond donors (Lipinski definition) is 2. The number of carbonyl (C=O) groups is 3. The Morgan fingerprint density at radius 1 is 1.45 bits per heavy atom. The van der Waals surface area contributed by atoms with Crippen LogP contribution in [-0.4, -0.2) is 40.8 Å². The molecule has 6 nitrogen and oxygen atoms in total. The molecule has 0 bridgehead atoms. The molecule has 1 aliphatic rings. The summed E-state index contributed by atoms with van der Waals surface area (Å²) in [4.78, 5) is 36.2. The zero-order valence-electron chi connectivity index (χ0n) is 10.7. The van der Waals surface area contributed by atoms with Crippen molar-refractivity contribution < 1.29 is 19.5 Å². The first-order valence-electron chi connectivity index (χ1n) is 6.00. The van der Waals surface area contributed by atoms with Crippen LogP contribution >= 0.6 is 11.6 Å². The van der Waals surface area contributed by atoms with Crippen molar-refractivity contribution >= 4 is 29.3 Å². The Labute approximate surface area is 120 Å². The van der Waals surface area contributed by atoms with Crippen molar-refractivity contribution in [1.82, 2.24) is 10.2 Å². The van der Waals surface area contributed by atoms with Gasteiger partial charge in [0.25, 0.3) is 11.8 Å². The molecule has 20 heavy (non-hydrogen) atoms. The topological polar surface area (TPSA) is 86.7 Å². The van der Waals surface area contributed by atoms with Crippen LogP contribution in [-0.2, 0) is 9.59 Å². The van der Waals surface area contributed by atoms with E-state index in [4.69, 9.17) is 11.6 Å². The van der Waals surface area contributed by atoms with E-state index in [1.807, 2.05) is 0 Å². The zero-order chi connectivity index (χ0) is 14.9. The summed E-state index contributed by atoms with van der Waals surface area (Å²) in [5.41, 5.74) is -0.00940. The molecule has 3 amide bonds. The highest BCUT2D eigenvalue weighted by Crippen LogP contribution is 2.22. The van der Waals surface area contributed by atoms with Crippen LogP contribution in [0, 0.1) is 0 Å². The highest BCUT2D eigenvalue weighted by molar-refractivity contribution is 6.31. The van der Waals surface area contributed by atoms with Crippen LogP contribution in [0.15, 0.2) is 18.2 Å². The van der Waals surface area contributed by atoms with Crippen molar-refractivity contribution in [2.45, 2.75) is 18.9 Å². The van der Waals surface area contributed by atoms with Crippen molar-refractivity contribution in [2.24, 2.45) is 0 Å². The van der Waals surface area contributed by atoms with E-state index in [0.29, 0.717) is 5.02 Å². The molecular weight excluding hydrogens is 284 g/mol. The van der Waals surface area contributed by atoms with E-state index in [9.17, 15) is 19.5 Å². The summed E-state index contributed by atoms with van der Waals surface area (Å²) in [6.07, 6.45) is 0.434. The van der Waals surface area contributed by atoms with Crippen molar-refractivity contribution in [1.29, 1.82) is 0 Å². The van der Waals surface area contributed by atoms with E-state index in [2.05, 4.69) is 5.32 Å². The van der Waals surface area contributed by atoms with Crippen LogP contribution in [0.4, 0.5) is 0 Å². The zero-order valence-corrected chi connectivity index (χ0v) is 11.5. The second-order valence-electron chi connectivity index (χ2n) is 4.52. The third kappa shape index (κ3) is 2.75. The van der Waals surface area contributed by atoms with E-state index in [0.717, 1.165) is 4.90 Å². The maximum atomic E-state index is 12.0. The van der Waals surface area contributed by atoms with Gasteiger partial charge in [-0.2, -0.15) is 0 Å². The van der Waals surface area contributed by atoms with Gasteiger partial charge in [-0.25, -0.2) is 0 Å². The van der Waals surface area contributed by atoms with Gasteiger partial charge in [0.1, 0.15) is 11.8 Å². The van der Waals surface area contributed by atoms with E-state index >= 15 is 0 Å². The second-order valence-corrected chi connectivity index (χ2v) is 4.95. The quantitative estimate of drug-likeness (QED) is 0.795. The fourth-order valence-electron chi connectivity index (χ4n) is 1.98. The number of halogens is 1. The number of nitrogens with zero attached hydrogens (tertiary/aromatic N) is 1. The smallest absolute Gasteiger partial charge is 0.255 e. The minimum Gasteiger partial charge on any atom is -0.507 e. The minimum absolute atomic E-state index is 0.00940. The molecule has 0 radical (unpaired) electrons. The van der Waals surface area contributed by atoms with E-state index < -0.39 is 17.9 Å². The predicted octanol–water partition coefficient (Wildman–Crippen LogP) is 0.923. The lowest BCUT2D eigenvalue weighted by molar-refractivity contribution is -0.147. The Morgan fingerprint density at radius 3 is 2.85 bits per heavy atom. The van der Waals surface area contributed by atoms with Gasteiger partial charge in [0.2, 0.25) is 5.91 Å². The first-order chi connectivity index (χ1) is 9.40. The standard InChI is InChI=1S/C13H13ClN2O4/c1-16-11(18)5-3-9(13(16)20)15-12(19)8-6-7(14)2-4-10(8)17/h2,4,6,9,17H,3,5H2,1H3,(H,15,19). The molecule has 0 spiro atoms. The number of aromatic hydroxyl groups is 1. The van der Waals surface area contributed by atoms with Crippen LogP contribution in [0.5, 0.6) is 5.75 Å². The molecule has 0 aliphatic carbocycles. The Balaban J connectivity index is 2.14. The summed E-state index contributed by atoms with van der Waals surface area (Å²) in [5, 5.41) is 12.4. The van der Waals surface area contributed by atoms with E-state index in [1.54, 1.807) is 0 Å². The maximum absolute atomic E-state index is 12.0. The van der Waals surface area contributed by atoms with Gasteiger partial charge < -0.3 is 10.4 Å². The highest BCUT2D eigenvalue weighted by Gasteiger charge is 2.33. The number of amides is 3. The molecule has 1 unspecified atom stereocenters. The number of carbonyl (C=O) groups excluding carboxylic acids is 3. The van der Waals surface area contributed by atoms with E-state index in [1.165, 1.54) is 25.2 Å².